The highest BCUT2D eigenvalue weighted by atomic mass is 32.2. The van der Waals surface area contributed by atoms with Gasteiger partial charge >= 0.3 is 0 Å². The zero-order chi connectivity index (χ0) is 9.99. The minimum Gasteiger partial charge on any atom is -0.267 e. The molecule has 0 N–H and O–H groups in total. The SMILES string of the molecule is C=S(C)(=O)C(C)(C)C#CC(C)C. The van der Waals surface area contributed by atoms with Crippen LogP contribution >= 0.6 is 0 Å². The Morgan fingerprint density at radius 1 is 1.42 bits per heavy atom. The van der Waals surface area contributed by atoms with Crippen molar-refractivity contribution in [1.29, 1.82) is 0 Å². The first-order valence-corrected chi connectivity index (χ1v) is 6.15. The number of rotatable bonds is 1. The molecule has 0 fully saturated rings. The molecule has 0 heterocycles. The largest absolute Gasteiger partial charge is 0.267 e. The van der Waals surface area contributed by atoms with Crippen LogP contribution in [0.25, 0.3) is 0 Å². The fraction of sp³-hybridized carbons (Fsp3) is 0.700. The van der Waals surface area contributed by atoms with E-state index in [2.05, 4.69) is 17.7 Å². The van der Waals surface area contributed by atoms with Crippen LogP contribution in [0, 0.1) is 17.8 Å². The van der Waals surface area contributed by atoms with Gasteiger partial charge in [0.2, 0.25) is 0 Å². The second-order valence-electron chi connectivity index (χ2n) is 3.94. The Bertz CT molecular complexity index is 296. The van der Waals surface area contributed by atoms with Crippen molar-refractivity contribution in [3.8, 4) is 11.8 Å². The van der Waals surface area contributed by atoms with Crippen molar-refractivity contribution in [2.75, 3.05) is 6.26 Å². The molecule has 1 nitrogen and oxygen atoms in total. The second kappa shape index (κ2) is 3.53. The molecule has 0 aliphatic heterocycles. The molecule has 0 bridgehead atoms. The van der Waals surface area contributed by atoms with Gasteiger partial charge in [-0.3, -0.25) is 4.21 Å². The summed E-state index contributed by atoms with van der Waals surface area (Å²) >= 11 is 0. The van der Waals surface area contributed by atoms with Crippen LogP contribution in [0.2, 0.25) is 0 Å². The van der Waals surface area contributed by atoms with E-state index in [0.717, 1.165) is 0 Å². The van der Waals surface area contributed by atoms with E-state index in [9.17, 15) is 4.21 Å². The van der Waals surface area contributed by atoms with E-state index >= 15 is 0 Å². The van der Waals surface area contributed by atoms with Gasteiger partial charge in [-0.15, -0.1) is 0 Å². The van der Waals surface area contributed by atoms with Crippen molar-refractivity contribution in [1.82, 2.24) is 0 Å². The fourth-order valence-electron chi connectivity index (χ4n) is 0.426. The van der Waals surface area contributed by atoms with E-state index in [1.165, 1.54) is 0 Å². The minimum absolute atomic E-state index is 0.325. The molecule has 0 aromatic carbocycles. The molecule has 0 amide bonds. The predicted molar refractivity (Wildman–Crippen MR) is 57.9 cm³/mol. The summed E-state index contributed by atoms with van der Waals surface area (Å²) in [5, 5.41) is 0. The molecule has 1 unspecified atom stereocenters. The molecule has 0 spiro atoms. The fourth-order valence-corrected chi connectivity index (χ4v) is 0.701. The molecule has 0 saturated carbocycles. The molecule has 0 aliphatic carbocycles. The third-order valence-electron chi connectivity index (χ3n) is 1.74. The molecule has 0 saturated heterocycles. The zero-order valence-electron chi connectivity index (χ0n) is 8.60. The van der Waals surface area contributed by atoms with Crippen molar-refractivity contribution in [2.45, 2.75) is 32.4 Å². The van der Waals surface area contributed by atoms with Crippen molar-refractivity contribution in [2.24, 2.45) is 5.92 Å². The van der Waals surface area contributed by atoms with Gasteiger partial charge in [0.25, 0.3) is 0 Å². The van der Waals surface area contributed by atoms with E-state index in [-0.39, 0.29) is 0 Å². The third kappa shape index (κ3) is 3.32. The molecule has 0 rings (SSSR count). The van der Waals surface area contributed by atoms with Crippen molar-refractivity contribution in [3.05, 3.63) is 0 Å². The average Bonchev–Trinajstić information content (AvgIpc) is 1.81. The predicted octanol–water partition coefficient (Wildman–Crippen LogP) is 1.77. The first-order chi connectivity index (χ1) is 5.17. The second-order valence-corrected chi connectivity index (χ2v) is 6.97. The molecule has 0 radical (unpaired) electrons. The van der Waals surface area contributed by atoms with Gasteiger partial charge < -0.3 is 0 Å². The standard InChI is InChI=1S/C10H18OS/c1-9(2)7-8-10(3,4)12(5,6)11/h9H,5H2,1-4,6H3. The van der Waals surface area contributed by atoms with Gasteiger partial charge in [-0.05, 0) is 29.2 Å². The summed E-state index contributed by atoms with van der Waals surface area (Å²) in [5.41, 5.74) is 0. The lowest BCUT2D eigenvalue weighted by atomic mass is 10.1. The Kier molecular flexibility index (Phi) is 3.41. The maximum absolute atomic E-state index is 11.6. The van der Waals surface area contributed by atoms with Crippen LogP contribution in [-0.2, 0) is 9.52 Å². The van der Waals surface area contributed by atoms with Gasteiger partial charge in [-0.1, -0.05) is 25.7 Å². The van der Waals surface area contributed by atoms with Gasteiger partial charge in [0.05, 0.1) is 4.75 Å². The molecule has 0 aliphatic rings. The first-order valence-electron chi connectivity index (χ1n) is 4.01. The molecular weight excluding hydrogens is 168 g/mol. The topological polar surface area (TPSA) is 17.1 Å². The highest BCUT2D eigenvalue weighted by Gasteiger charge is 2.21. The number of hydrogen-bond donors (Lipinski definition) is 0. The summed E-state index contributed by atoms with van der Waals surface area (Å²) in [6, 6.07) is 0. The van der Waals surface area contributed by atoms with Crippen LogP contribution in [0.1, 0.15) is 27.7 Å². The summed E-state index contributed by atoms with van der Waals surface area (Å²) in [6.07, 6.45) is 1.65. The Labute approximate surface area is 76.6 Å². The van der Waals surface area contributed by atoms with Crippen LogP contribution in [-0.4, -0.2) is 21.1 Å². The Morgan fingerprint density at radius 3 is 2.08 bits per heavy atom. The molecule has 0 aromatic rings. The van der Waals surface area contributed by atoms with Crippen molar-refractivity contribution < 1.29 is 4.21 Å². The molecular formula is C10H18OS. The maximum atomic E-state index is 11.6. The monoisotopic (exact) mass is 186 g/mol. The van der Waals surface area contributed by atoms with Gasteiger partial charge in [0.1, 0.15) is 0 Å². The summed E-state index contributed by atoms with van der Waals surface area (Å²) in [7, 11) is -2.07. The molecule has 2 heteroatoms. The molecule has 12 heavy (non-hydrogen) atoms. The van der Waals surface area contributed by atoms with Crippen LogP contribution in [0.4, 0.5) is 0 Å². The summed E-state index contributed by atoms with van der Waals surface area (Å²) in [6.45, 7) is 7.78. The van der Waals surface area contributed by atoms with Crippen LogP contribution in [0.3, 0.4) is 0 Å². The minimum atomic E-state index is -2.07. The lowest BCUT2D eigenvalue weighted by Crippen LogP contribution is -2.28. The molecule has 70 valence electrons. The van der Waals surface area contributed by atoms with Crippen LogP contribution in [0.15, 0.2) is 0 Å². The Balaban J connectivity index is 4.83. The van der Waals surface area contributed by atoms with E-state index in [0.29, 0.717) is 5.92 Å². The molecule has 0 aromatic heterocycles. The van der Waals surface area contributed by atoms with Gasteiger partial charge in [0, 0.05) is 12.2 Å². The van der Waals surface area contributed by atoms with E-state index < -0.39 is 14.3 Å². The van der Waals surface area contributed by atoms with E-state index in [1.807, 2.05) is 27.7 Å². The van der Waals surface area contributed by atoms with Gasteiger partial charge in [-0.2, -0.15) is 0 Å². The highest BCUT2D eigenvalue weighted by Crippen LogP contribution is 2.13. The average molecular weight is 186 g/mol. The maximum Gasteiger partial charge on any atom is 0.0928 e. The Morgan fingerprint density at radius 2 is 1.83 bits per heavy atom. The lowest BCUT2D eigenvalue weighted by molar-refractivity contribution is 0.668. The number of hydrogen-bond acceptors (Lipinski definition) is 1. The first kappa shape index (κ1) is 11.6. The normalized spacial score (nSPS) is 16.5. The smallest absolute Gasteiger partial charge is 0.0928 e. The van der Waals surface area contributed by atoms with Crippen LogP contribution < -0.4 is 0 Å². The highest BCUT2D eigenvalue weighted by molar-refractivity contribution is 8.01. The van der Waals surface area contributed by atoms with Gasteiger partial charge in [0.15, 0.2) is 0 Å². The zero-order valence-corrected chi connectivity index (χ0v) is 9.42. The summed E-state index contributed by atoms with van der Waals surface area (Å²) in [4.78, 5) is 0. The third-order valence-corrected chi connectivity index (χ3v) is 4.00. The quantitative estimate of drug-likeness (QED) is 0.450. The van der Waals surface area contributed by atoms with E-state index in [1.54, 1.807) is 6.26 Å². The Hall–Kier alpha value is -0.420. The summed E-state index contributed by atoms with van der Waals surface area (Å²) in [5.74, 6) is 10.0. The summed E-state index contributed by atoms with van der Waals surface area (Å²) < 4.78 is 11.1. The van der Waals surface area contributed by atoms with Crippen molar-refractivity contribution >= 4 is 15.4 Å². The lowest BCUT2D eigenvalue weighted by Gasteiger charge is -2.19. The van der Waals surface area contributed by atoms with E-state index in [4.69, 9.17) is 0 Å². The van der Waals surface area contributed by atoms with Crippen molar-refractivity contribution in [3.63, 3.8) is 0 Å². The molecule has 1 atom stereocenters. The van der Waals surface area contributed by atoms with Gasteiger partial charge in [-0.25, -0.2) is 0 Å². The van der Waals surface area contributed by atoms with Crippen LogP contribution in [0.5, 0.6) is 0 Å².